The Morgan fingerprint density at radius 3 is 2.26 bits per heavy atom. The van der Waals surface area contributed by atoms with E-state index in [1.165, 1.54) is 13.1 Å². The molecule has 0 spiro atoms. The van der Waals surface area contributed by atoms with Crippen LogP contribution in [0, 0.1) is 5.92 Å². The van der Waals surface area contributed by atoms with Crippen LogP contribution in [-0.4, -0.2) is 71.5 Å². The molecule has 1 aliphatic rings. The number of rotatable bonds is 12. The van der Waals surface area contributed by atoms with Crippen LogP contribution in [0.5, 0.6) is 0 Å². The smallest absolute Gasteiger partial charge is 0.408 e. The summed E-state index contributed by atoms with van der Waals surface area (Å²) in [6, 6.07) is 5.46. The fourth-order valence-electron chi connectivity index (χ4n) is 3.07. The Balaban J connectivity index is 1.95. The van der Waals surface area contributed by atoms with Crippen molar-refractivity contribution < 1.29 is 33.8 Å². The number of hydrogen-bond donors (Lipinski definition) is 4. The second-order valence-corrected chi connectivity index (χ2v) is 8.16. The summed E-state index contributed by atoms with van der Waals surface area (Å²) in [4.78, 5) is 68.8. The molecule has 188 valence electrons. The highest BCUT2D eigenvalue weighted by Crippen LogP contribution is 2.06. The molecule has 1 aromatic carbocycles. The Hall–Kier alpha value is -4.09. The number of carbonyl (C=O) groups is 5. The average molecular weight is 488 g/mol. The molecule has 4 N–H and O–H groups in total. The lowest BCUT2D eigenvalue weighted by molar-refractivity contribution is -0.139. The minimum Gasteiger partial charge on any atom is -0.481 e. The van der Waals surface area contributed by atoms with E-state index in [4.69, 9.17) is 9.84 Å². The number of carboxylic acids is 1. The van der Waals surface area contributed by atoms with Gasteiger partial charge in [-0.25, -0.2) is 9.79 Å². The number of amidine groups is 1. The second kappa shape index (κ2) is 13.0. The van der Waals surface area contributed by atoms with Gasteiger partial charge in [0.25, 0.3) is 0 Å². The monoisotopic (exact) mass is 487 g/mol. The van der Waals surface area contributed by atoms with Crippen molar-refractivity contribution in [3.8, 4) is 0 Å². The Labute approximate surface area is 202 Å². The second-order valence-electron chi connectivity index (χ2n) is 8.16. The van der Waals surface area contributed by atoms with Crippen LogP contribution < -0.4 is 16.0 Å². The molecule has 1 heterocycles. The molecule has 12 heteroatoms. The predicted octanol–water partition coefficient (Wildman–Crippen LogP) is 0.454. The normalized spacial score (nSPS) is 14.9. The fraction of sp³-hybridized carbons (Fsp3) is 0.435. The molecule has 2 rings (SSSR count). The minimum absolute atomic E-state index is 0.0201. The summed E-state index contributed by atoms with van der Waals surface area (Å²) < 4.78 is 5.15. The van der Waals surface area contributed by atoms with E-state index in [2.05, 4.69) is 25.9 Å². The van der Waals surface area contributed by atoms with Crippen molar-refractivity contribution in [1.29, 1.82) is 0 Å². The minimum atomic E-state index is -1.40. The van der Waals surface area contributed by atoms with Gasteiger partial charge in [0.2, 0.25) is 17.6 Å². The molecule has 1 aliphatic heterocycles. The molecular formula is C23H29N5O7. The van der Waals surface area contributed by atoms with Crippen LogP contribution in [0.4, 0.5) is 4.79 Å². The van der Waals surface area contributed by atoms with Crippen molar-refractivity contribution in [3.05, 3.63) is 35.9 Å². The van der Waals surface area contributed by atoms with Gasteiger partial charge >= 0.3 is 12.1 Å². The van der Waals surface area contributed by atoms with Gasteiger partial charge in [-0.05, 0) is 18.4 Å². The Morgan fingerprint density at radius 1 is 1.00 bits per heavy atom. The molecule has 0 aliphatic carbocycles. The zero-order valence-corrected chi connectivity index (χ0v) is 19.7. The number of ether oxygens (including phenoxy) is 1. The highest BCUT2D eigenvalue weighted by molar-refractivity contribution is 6.43. The number of nitrogens with one attached hydrogen (secondary N) is 3. The van der Waals surface area contributed by atoms with Gasteiger partial charge in [0.05, 0.1) is 13.0 Å². The fourth-order valence-corrected chi connectivity index (χ4v) is 3.07. The number of carboxylic acid groups (broad SMARTS) is 1. The molecule has 0 fully saturated rings. The van der Waals surface area contributed by atoms with Gasteiger partial charge in [0.15, 0.2) is 5.84 Å². The molecule has 1 aromatic rings. The van der Waals surface area contributed by atoms with Crippen LogP contribution in [0.25, 0.3) is 0 Å². The van der Waals surface area contributed by atoms with E-state index in [1.54, 1.807) is 38.1 Å². The maximum atomic E-state index is 12.8. The SMILES string of the molecule is CC(C)[C@H](NC(=O)OCc1ccccc1)C(=O)N[C@@H](C)C(=O)NC(CC(=O)O)C(=O)C1=NCC=N1. The third-order valence-corrected chi connectivity index (χ3v) is 4.96. The molecule has 0 saturated carbocycles. The zero-order chi connectivity index (χ0) is 26.0. The number of hydrogen-bond acceptors (Lipinski definition) is 8. The number of alkyl carbamates (subject to hydrolysis) is 1. The van der Waals surface area contributed by atoms with Crippen molar-refractivity contribution in [2.24, 2.45) is 15.9 Å². The highest BCUT2D eigenvalue weighted by Gasteiger charge is 2.31. The Kier molecular flexibility index (Phi) is 10.1. The highest BCUT2D eigenvalue weighted by atomic mass is 16.5. The lowest BCUT2D eigenvalue weighted by Gasteiger charge is -2.24. The van der Waals surface area contributed by atoms with E-state index in [9.17, 15) is 24.0 Å². The third-order valence-electron chi connectivity index (χ3n) is 4.96. The first-order valence-electron chi connectivity index (χ1n) is 11.0. The first-order valence-corrected chi connectivity index (χ1v) is 11.0. The van der Waals surface area contributed by atoms with Crippen LogP contribution in [-0.2, 0) is 30.5 Å². The summed E-state index contributed by atoms with van der Waals surface area (Å²) in [6.45, 7) is 4.99. The van der Waals surface area contributed by atoms with Crippen LogP contribution in [0.1, 0.15) is 32.8 Å². The van der Waals surface area contributed by atoms with Crippen molar-refractivity contribution in [3.63, 3.8) is 0 Å². The van der Waals surface area contributed by atoms with Crippen molar-refractivity contribution in [1.82, 2.24) is 16.0 Å². The van der Waals surface area contributed by atoms with E-state index >= 15 is 0 Å². The largest absolute Gasteiger partial charge is 0.481 e. The van der Waals surface area contributed by atoms with Crippen molar-refractivity contribution in [2.75, 3.05) is 6.54 Å². The molecule has 1 unspecified atom stereocenters. The summed E-state index contributed by atoms with van der Waals surface area (Å²) in [7, 11) is 0. The lowest BCUT2D eigenvalue weighted by Crippen LogP contribution is -2.56. The van der Waals surface area contributed by atoms with E-state index in [0.29, 0.717) is 0 Å². The van der Waals surface area contributed by atoms with Crippen LogP contribution in [0.2, 0.25) is 0 Å². The van der Waals surface area contributed by atoms with Crippen LogP contribution in [0.3, 0.4) is 0 Å². The molecular weight excluding hydrogens is 458 g/mol. The number of aliphatic imine (C=N–C) groups is 2. The van der Waals surface area contributed by atoms with Gasteiger partial charge in [-0.15, -0.1) is 0 Å². The first kappa shape index (κ1) is 27.2. The standard InChI is InChI=1S/C23H29N5O7/c1-13(2)18(28-23(34)35-12-15-7-5-4-6-8-15)22(33)26-14(3)21(32)27-16(11-17(29)30)19(31)20-24-9-10-25-20/h4-9,13-14,16,18H,10-12H2,1-3H3,(H,26,33)(H,27,32)(H,28,34)(H,29,30)/t14-,16?,18-/m0/s1. The van der Waals surface area contributed by atoms with E-state index < -0.39 is 54.2 Å². The van der Waals surface area contributed by atoms with E-state index in [1.807, 2.05) is 6.07 Å². The number of nitrogens with zero attached hydrogens (tertiary/aromatic N) is 2. The zero-order valence-electron chi connectivity index (χ0n) is 19.7. The number of Topliss-reactive ketones (excluding diaryl/α,β-unsaturated/α-hetero) is 1. The molecule has 0 radical (unpaired) electrons. The van der Waals surface area contributed by atoms with E-state index in [-0.39, 0.29) is 24.9 Å². The first-order chi connectivity index (χ1) is 16.6. The van der Waals surface area contributed by atoms with Gasteiger partial charge in [-0.1, -0.05) is 44.2 Å². The number of carbonyl (C=O) groups excluding carboxylic acids is 4. The average Bonchev–Trinajstić information content (AvgIpc) is 3.35. The van der Waals surface area contributed by atoms with Gasteiger partial charge in [0, 0.05) is 6.21 Å². The van der Waals surface area contributed by atoms with Crippen molar-refractivity contribution in [2.45, 2.75) is 51.9 Å². The number of amides is 3. The van der Waals surface area contributed by atoms with Gasteiger partial charge in [0.1, 0.15) is 24.7 Å². The quantitative estimate of drug-likeness (QED) is 0.331. The van der Waals surface area contributed by atoms with Crippen LogP contribution >= 0.6 is 0 Å². The summed E-state index contributed by atoms with van der Waals surface area (Å²) in [5.74, 6) is -3.99. The lowest BCUT2D eigenvalue weighted by atomic mass is 10.0. The molecule has 0 bridgehead atoms. The van der Waals surface area contributed by atoms with Gasteiger partial charge < -0.3 is 25.8 Å². The predicted molar refractivity (Wildman–Crippen MR) is 126 cm³/mol. The summed E-state index contributed by atoms with van der Waals surface area (Å²) in [6.07, 6.45) is -0.0899. The molecule has 35 heavy (non-hydrogen) atoms. The molecule has 3 amide bonds. The summed E-state index contributed by atoms with van der Waals surface area (Å²) >= 11 is 0. The van der Waals surface area contributed by atoms with Crippen LogP contribution in [0.15, 0.2) is 40.3 Å². The number of aliphatic carboxylic acids is 1. The number of ketones is 1. The van der Waals surface area contributed by atoms with Crippen molar-refractivity contribution >= 4 is 41.7 Å². The molecule has 0 aromatic heterocycles. The Bertz CT molecular complexity index is 1010. The summed E-state index contributed by atoms with van der Waals surface area (Å²) in [5.41, 5.74) is 0.776. The third kappa shape index (κ3) is 8.65. The van der Waals surface area contributed by atoms with Gasteiger partial charge in [-0.3, -0.25) is 24.2 Å². The molecule has 3 atom stereocenters. The maximum Gasteiger partial charge on any atom is 0.408 e. The molecule has 12 nitrogen and oxygen atoms in total. The Morgan fingerprint density at radius 2 is 1.69 bits per heavy atom. The van der Waals surface area contributed by atoms with E-state index in [0.717, 1.165) is 5.56 Å². The topological polar surface area (TPSA) is 176 Å². The summed E-state index contributed by atoms with van der Waals surface area (Å²) in [5, 5.41) is 16.4. The molecule has 0 saturated heterocycles. The maximum absolute atomic E-state index is 12.8. The number of benzene rings is 1. The van der Waals surface area contributed by atoms with Gasteiger partial charge in [-0.2, -0.15) is 0 Å².